The van der Waals surface area contributed by atoms with Crippen LogP contribution in [0, 0.1) is 0 Å². The molecular formula is C13H18N4O3S. The van der Waals surface area contributed by atoms with Crippen LogP contribution in [0.15, 0.2) is 16.1 Å². The van der Waals surface area contributed by atoms with E-state index in [1.807, 2.05) is 5.38 Å². The average molecular weight is 310 g/mol. The largest absolute Gasteiger partial charge is 0.377 e. The Kier molecular flexibility index (Phi) is 4.59. The van der Waals surface area contributed by atoms with Crippen molar-refractivity contribution >= 4 is 11.3 Å². The maximum absolute atomic E-state index is 5.80. The molecule has 1 saturated heterocycles. The molecule has 0 radical (unpaired) electrons. The monoisotopic (exact) mass is 310 g/mol. The third-order valence-electron chi connectivity index (χ3n) is 3.49. The number of rotatable bonds is 5. The fourth-order valence-corrected chi connectivity index (χ4v) is 3.02. The predicted molar refractivity (Wildman–Crippen MR) is 75.8 cm³/mol. The SMILES string of the molecule is COCc1noc(C(C)N2CCOC(c3nccs3)C2)n1. The first kappa shape index (κ1) is 14.6. The second-order valence-electron chi connectivity index (χ2n) is 4.88. The van der Waals surface area contributed by atoms with Gasteiger partial charge in [0.15, 0.2) is 5.82 Å². The lowest BCUT2D eigenvalue weighted by atomic mass is 10.2. The number of thiazole rings is 1. The minimum Gasteiger partial charge on any atom is -0.377 e. The van der Waals surface area contributed by atoms with Crippen LogP contribution in [0.25, 0.3) is 0 Å². The summed E-state index contributed by atoms with van der Waals surface area (Å²) in [5, 5.41) is 6.89. The van der Waals surface area contributed by atoms with Crippen LogP contribution < -0.4 is 0 Å². The van der Waals surface area contributed by atoms with E-state index in [4.69, 9.17) is 14.0 Å². The number of methoxy groups -OCH3 is 1. The maximum Gasteiger partial charge on any atom is 0.243 e. The van der Waals surface area contributed by atoms with Gasteiger partial charge in [0.2, 0.25) is 5.89 Å². The maximum atomic E-state index is 5.80. The summed E-state index contributed by atoms with van der Waals surface area (Å²) in [6.45, 7) is 4.71. The first-order valence-corrected chi connectivity index (χ1v) is 7.72. The van der Waals surface area contributed by atoms with Crippen LogP contribution in [-0.4, -0.2) is 46.8 Å². The highest BCUT2D eigenvalue weighted by Gasteiger charge is 2.29. The smallest absolute Gasteiger partial charge is 0.243 e. The van der Waals surface area contributed by atoms with Crippen molar-refractivity contribution < 1.29 is 14.0 Å². The Hall–Kier alpha value is -1.35. The van der Waals surface area contributed by atoms with E-state index in [1.165, 1.54) is 0 Å². The van der Waals surface area contributed by atoms with Crippen molar-refractivity contribution in [2.75, 3.05) is 26.8 Å². The molecule has 2 aromatic rings. The Balaban J connectivity index is 1.67. The Morgan fingerprint density at radius 1 is 1.57 bits per heavy atom. The lowest BCUT2D eigenvalue weighted by molar-refractivity contribution is -0.0470. The first-order chi connectivity index (χ1) is 10.3. The van der Waals surface area contributed by atoms with E-state index in [-0.39, 0.29) is 12.1 Å². The van der Waals surface area contributed by atoms with Gasteiger partial charge in [-0.2, -0.15) is 4.98 Å². The molecule has 0 spiro atoms. The number of ether oxygens (including phenoxy) is 2. The molecule has 1 aliphatic rings. The van der Waals surface area contributed by atoms with Gasteiger partial charge in [-0.25, -0.2) is 4.98 Å². The summed E-state index contributed by atoms with van der Waals surface area (Å²) >= 11 is 1.62. The molecule has 0 bridgehead atoms. The average Bonchev–Trinajstić information content (AvgIpc) is 3.18. The van der Waals surface area contributed by atoms with E-state index < -0.39 is 0 Å². The predicted octanol–water partition coefficient (Wildman–Crippen LogP) is 1.81. The third-order valence-corrected chi connectivity index (χ3v) is 4.35. The highest BCUT2D eigenvalue weighted by molar-refractivity contribution is 7.09. The zero-order valence-corrected chi connectivity index (χ0v) is 12.9. The van der Waals surface area contributed by atoms with E-state index in [1.54, 1.807) is 24.6 Å². The molecule has 2 unspecified atom stereocenters. The molecule has 3 heterocycles. The Labute approximate surface area is 126 Å². The van der Waals surface area contributed by atoms with E-state index >= 15 is 0 Å². The fourth-order valence-electron chi connectivity index (χ4n) is 2.34. The molecule has 0 aliphatic carbocycles. The molecule has 21 heavy (non-hydrogen) atoms. The molecule has 8 heteroatoms. The number of hydrogen-bond acceptors (Lipinski definition) is 8. The highest BCUT2D eigenvalue weighted by Crippen LogP contribution is 2.28. The van der Waals surface area contributed by atoms with Gasteiger partial charge in [-0.15, -0.1) is 11.3 Å². The second-order valence-corrected chi connectivity index (χ2v) is 5.81. The lowest BCUT2D eigenvalue weighted by Gasteiger charge is -2.34. The van der Waals surface area contributed by atoms with Crippen LogP contribution >= 0.6 is 11.3 Å². The van der Waals surface area contributed by atoms with E-state index in [2.05, 4.69) is 26.9 Å². The fraction of sp³-hybridized carbons (Fsp3) is 0.615. The minimum absolute atomic E-state index is 0.0163. The minimum atomic E-state index is 0.0163. The molecule has 1 fully saturated rings. The van der Waals surface area contributed by atoms with Crippen molar-refractivity contribution in [3.05, 3.63) is 28.3 Å². The van der Waals surface area contributed by atoms with Gasteiger partial charge in [-0.3, -0.25) is 4.90 Å². The van der Waals surface area contributed by atoms with Crippen LogP contribution in [0.2, 0.25) is 0 Å². The van der Waals surface area contributed by atoms with Gasteiger partial charge in [-0.1, -0.05) is 5.16 Å². The molecule has 7 nitrogen and oxygen atoms in total. The van der Waals surface area contributed by atoms with Gasteiger partial charge in [0.05, 0.1) is 12.6 Å². The van der Waals surface area contributed by atoms with E-state index in [9.17, 15) is 0 Å². The van der Waals surface area contributed by atoms with Gasteiger partial charge in [-0.05, 0) is 6.92 Å². The topological polar surface area (TPSA) is 73.5 Å². The molecule has 0 amide bonds. The second kappa shape index (κ2) is 6.61. The van der Waals surface area contributed by atoms with Crippen LogP contribution in [0.3, 0.4) is 0 Å². The van der Waals surface area contributed by atoms with Crippen LogP contribution in [-0.2, 0) is 16.1 Å². The molecule has 0 N–H and O–H groups in total. The number of aromatic nitrogens is 3. The third kappa shape index (κ3) is 3.29. The molecule has 1 aliphatic heterocycles. The molecule has 0 aromatic carbocycles. The standard InChI is InChI=1S/C13H18N4O3S/c1-9(12-15-11(8-18-2)16-20-12)17-4-5-19-10(7-17)13-14-3-6-21-13/h3,6,9-10H,4-5,7-8H2,1-2H3. The molecule has 3 rings (SSSR count). The van der Waals surface area contributed by atoms with E-state index in [0.717, 1.165) is 18.1 Å². The number of nitrogens with zero attached hydrogens (tertiary/aromatic N) is 4. The van der Waals surface area contributed by atoms with E-state index in [0.29, 0.717) is 24.9 Å². The highest BCUT2D eigenvalue weighted by atomic mass is 32.1. The summed E-state index contributed by atoms with van der Waals surface area (Å²) in [7, 11) is 1.61. The quantitative estimate of drug-likeness (QED) is 0.833. The molecule has 2 aromatic heterocycles. The first-order valence-electron chi connectivity index (χ1n) is 6.84. The molecular weight excluding hydrogens is 292 g/mol. The zero-order valence-electron chi connectivity index (χ0n) is 12.1. The summed E-state index contributed by atoms with van der Waals surface area (Å²) < 4.78 is 16.1. The molecule has 114 valence electrons. The normalized spacial score (nSPS) is 21.5. The number of morpholine rings is 1. The van der Waals surface area contributed by atoms with Gasteiger partial charge in [0.1, 0.15) is 17.7 Å². The summed E-state index contributed by atoms with van der Waals surface area (Å²) in [6.07, 6.45) is 1.82. The summed E-state index contributed by atoms with van der Waals surface area (Å²) in [5.41, 5.74) is 0. The van der Waals surface area contributed by atoms with Crippen LogP contribution in [0.4, 0.5) is 0 Å². The lowest BCUT2D eigenvalue weighted by Crippen LogP contribution is -2.39. The Morgan fingerprint density at radius 3 is 3.24 bits per heavy atom. The van der Waals surface area contributed by atoms with Crippen molar-refractivity contribution in [2.45, 2.75) is 25.7 Å². The van der Waals surface area contributed by atoms with Crippen LogP contribution in [0.5, 0.6) is 0 Å². The van der Waals surface area contributed by atoms with Crippen LogP contribution in [0.1, 0.15) is 35.8 Å². The summed E-state index contributed by atoms with van der Waals surface area (Å²) in [6, 6.07) is 0.0504. The van der Waals surface area contributed by atoms with Gasteiger partial charge in [0.25, 0.3) is 0 Å². The Bertz CT molecular complexity index is 560. The Morgan fingerprint density at radius 2 is 2.48 bits per heavy atom. The zero-order chi connectivity index (χ0) is 14.7. The van der Waals surface area contributed by atoms with Crippen molar-refractivity contribution in [3.63, 3.8) is 0 Å². The van der Waals surface area contributed by atoms with Crippen molar-refractivity contribution in [1.29, 1.82) is 0 Å². The van der Waals surface area contributed by atoms with Gasteiger partial charge < -0.3 is 14.0 Å². The van der Waals surface area contributed by atoms with Crippen molar-refractivity contribution in [2.24, 2.45) is 0 Å². The van der Waals surface area contributed by atoms with Crippen molar-refractivity contribution in [1.82, 2.24) is 20.0 Å². The van der Waals surface area contributed by atoms with Gasteiger partial charge >= 0.3 is 0 Å². The van der Waals surface area contributed by atoms with Gasteiger partial charge in [0, 0.05) is 31.8 Å². The summed E-state index contributed by atoms with van der Waals surface area (Å²) in [4.78, 5) is 11.0. The van der Waals surface area contributed by atoms with Crippen molar-refractivity contribution in [3.8, 4) is 0 Å². The molecule has 2 atom stereocenters. The molecule has 0 saturated carbocycles. The number of hydrogen-bond donors (Lipinski definition) is 0. The summed E-state index contributed by atoms with van der Waals surface area (Å²) in [5.74, 6) is 1.19.